The monoisotopic (exact) mass is 193 g/mol. The van der Waals surface area contributed by atoms with Crippen LogP contribution in [-0.2, 0) is 4.79 Å². The molecule has 1 fully saturated rings. The zero-order valence-corrected chi connectivity index (χ0v) is 8.72. The summed E-state index contributed by atoms with van der Waals surface area (Å²) in [4.78, 5) is 11.7. The third kappa shape index (κ3) is 1.52. The van der Waals surface area contributed by atoms with Gasteiger partial charge < -0.3 is 5.32 Å². The van der Waals surface area contributed by atoms with E-state index in [0.29, 0.717) is 0 Å². The maximum absolute atomic E-state index is 11.7. The van der Waals surface area contributed by atoms with Gasteiger partial charge in [0.15, 0.2) is 0 Å². The molecule has 14 heavy (non-hydrogen) atoms. The van der Waals surface area contributed by atoms with E-state index in [0.717, 1.165) is 17.8 Å². The Labute approximate surface area is 83.1 Å². The van der Waals surface area contributed by atoms with Crippen LogP contribution in [-0.4, -0.2) is 16.1 Å². The van der Waals surface area contributed by atoms with E-state index in [9.17, 15) is 4.79 Å². The number of nitrogens with one attached hydrogen (secondary N) is 2. The molecule has 1 aliphatic carbocycles. The molecule has 4 heteroatoms. The van der Waals surface area contributed by atoms with Gasteiger partial charge >= 0.3 is 0 Å². The Kier molecular flexibility index (Phi) is 1.87. The molecule has 0 aliphatic heterocycles. The van der Waals surface area contributed by atoms with Crippen molar-refractivity contribution in [3.8, 4) is 0 Å². The molecule has 1 heterocycles. The first-order valence-electron chi connectivity index (χ1n) is 4.81. The van der Waals surface area contributed by atoms with Crippen molar-refractivity contribution in [3.63, 3.8) is 0 Å². The molecule has 1 amide bonds. The summed E-state index contributed by atoms with van der Waals surface area (Å²) in [6.45, 7) is 6.13. The second kappa shape index (κ2) is 2.83. The summed E-state index contributed by atoms with van der Waals surface area (Å²) in [5, 5.41) is 9.47. The number of nitrogens with zero attached hydrogens (tertiary/aromatic N) is 1. The number of aromatic amines is 1. The molecule has 1 saturated carbocycles. The van der Waals surface area contributed by atoms with Crippen LogP contribution in [0.25, 0.3) is 0 Å². The van der Waals surface area contributed by atoms with E-state index in [1.165, 1.54) is 0 Å². The largest absolute Gasteiger partial charge is 0.311 e. The van der Waals surface area contributed by atoms with Gasteiger partial charge in [0, 0.05) is 11.5 Å². The molecule has 0 bridgehead atoms. The second-order valence-corrected chi connectivity index (χ2v) is 4.66. The van der Waals surface area contributed by atoms with Crippen molar-refractivity contribution in [2.45, 2.75) is 27.2 Å². The van der Waals surface area contributed by atoms with Crippen molar-refractivity contribution in [2.24, 2.45) is 11.3 Å². The molecule has 1 aliphatic rings. The first-order valence-corrected chi connectivity index (χ1v) is 4.81. The number of rotatable bonds is 2. The first kappa shape index (κ1) is 9.24. The van der Waals surface area contributed by atoms with Gasteiger partial charge in [-0.05, 0) is 18.8 Å². The van der Waals surface area contributed by atoms with E-state index in [1.807, 2.05) is 6.92 Å². The molecule has 1 atom stereocenters. The lowest BCUT2D eigenvalue weighted by Gasteiger charge is -2.04. The van der Waals surface area contributed by atoms with Crippen LogP contribution in [0.4, 0.5) is 5.82 Å². The van der Waals surface area contributed by atoms with Crippen LogP contribution in [0, 0.1) is 18.3 Å². The van der Waals surface area contributed by atoms with E-state index >= 15 is 0 Å². The fourth-order valence-electron chi connectivity index (χ4n) is 1.60. The lowest BCUT2D eigenvalue weighted by Crippen LogP contribution is -2.17. The number of anilines is 1. The van der Waals surface area contributed by atoms with Gasteiger partial charge in [0.25, 0.3) is 0 Å². The minimum Gasteiger partial charge on any atom is -0.311 e. The molecule has 0 aromatic carbocycles. The number of hydrogen-bond acceptors (Lipinski definition) is 2. The van der Waals surface area contributed by atoms with Crippen LogP contribution >= 0.6 is 0 Å². The molecule has 1 unspecified atom stereocenters. The van der Waals surface area contributed by atoms with Crippen molar-refractivity contribution in [1.29, 1.82) is 0 Å². The van der Waals surface area contributed by atoms with Crippen molar-refractivity contribution in [3.05, 3.63) is 11.8 Å². The van der Waals surface area contributed by atoms with Crippen LogP contribution in [0.5, 0.6) is 0 Å². The van der Waals surface area contributed by atoms with Crippen molar-refractivity contribution >= 4 is 11.7 Å². The molecule has 1 aromatic rings. The highest BCUT2D eigenvalue weighted by molar-refractivity contribution is 5.94. The summed E-state index contributed by atoms with van der Waals surface area (Å²) in [6.07, 6.45) is 2.68. The Morgan fingerprint density at radius 1 is 1.71 bits per heavy atom. The smallest absolute Gasteiger partial charge is 0.229 e. The number of H-pyrrole nitrogens is 1. The third-order valence-electron chi connectivity index (χ3n) is 2.91. The highest BCUT2D eigenvalue weighted by Crippen LogP contribution is 2.51. The second-order valence-electron chi connectivity index (χ2n) is 4.66. The van der Waals surface area contributed by atoms with Crippen LogP contribution in [0.1, 0.15) is 25.8 Å². The predicted molar refractivity (Wildman–Crippen MR) is 53.8 cm³/mol. The molecule has 76 valence electrons. The van der Waals surface area contributed by atoms with E-state index in [4.69, 9.17) is 0 Å². The van der Waals surface area contributed by atoms with Gasteiger partial charge in [-0.25, -0.2) is 0 Å². The molecule has 0 spiro atoms. The van der Waals surface area contributed by atoms with E-state index in [-0.39, 0.29) is 17.2 Å². The Morgan fingerprint density at radius 2 is 2.36 bits per heavy atom. The molecular formula is C10H15N3O. The van der Waals surface area contributed by atoms with Crippen LogP contribution in [0.15, 0.2) is 6.20 Å². The lowest BCUT2D eigenvalue weighted by atomic mass is 10.1. The van der Waals surface area contributed by atoms with Crippen molar-refractivity contribution < 1.29 is 4.79 Å². The average Bonchev–Trinajstić information content (AvgIpc) is 2.54. The lowest BCUT2D eigenvalue weighted by molar-refractivity contribution is -0.118. The van der Waals surface area contributed by atoms with Gasteiger partial charge in [-0.3, -0.25) is 9.89 Å². The van der Waals surface area contributed by atoms with Crippen LogP contribution < -0.4 is 5.32 Å². The average molecular weight is 193 g/mol. The van der Waals surface area contributed by atoms with Gasteiger partial charge in [0.1, 0.15) is 5.82 Å². The molecule has 0 radical (unpaired) electrons. The third-order valence-corrected chi connectivity index (χ3v) is 2.91. The van der Waals surface area contributed by atoms with E-state index < -0.39 is 0 Å². The Bertz CT molecular complexity index is 367. The van der Waals surface area contributed by atoms with Crippen LogP contribution in [0.2, 0.25) is 0 Å². The molecule has 2 N–H and O–H groups in total. The fourth-order valence-corrected chi connectivity index (χ4v) is 1.60. The Balaban J connectivity index is 2.00. The van der Waals surface area contributed by atoms with Gasteiger partial charge in [-0.2, -0.15) is 5.10 Å². The number of carbonyl (C=O) groups excluding carboxylic acids is 1. The summed E-state index contributed by atoms with van der Waals surface area (Å²) in [5.41, 5.74) is 1.15. The Morgan fingerprint density at radius 3 is 2.79 bits per heavy atom. The topological polar surface area (TPSA) is 57.8 Å². The number of aromatic nitrogens is 2. The summed E-state index contributed by atoms with van der Waals surface area (Å²) < 4.78 is 0. The number of carbonyl (C=O) groups is 1. The number of aryl methyl sites for hydroxylation is 1. The van der Waals surface area contributed by atoms with Crippen molar-refractivity contribution in [1.82, 2.24) is 10.2 Å². The maximum atomic E-state index is 11.7. The van der Waals surface area contributed by atoms with Crippen LogP contribution in [0.3, 0.4) is 0 Å². The quantitative estimate of drug-likeness (QED) is 0.751. The zero-order chi connectivity index (χ0) is 10.3. The maximum Gasteiger partial charge on any atom is 0.229 e. The number of hydrogen-bond donors (Lipinski definition) is 2. The standard InChI is InChI=1S/C10H15N3O/c1-6-5-11-13-8(6)12-9(14)7-4-10(7,2)3/h5,7H,4H2,1-3H3,(H2,11,12,13,14). The summed E-state index contributed by atoms with van der Waals surface area (Å²) in [7, 11) is 0. The molecule has 0 saturated heterocycles. The van der Waals surface area contributed by atoms with Gasteiger partial charge in [-0.1, -0.05) is 13.8 Å². The number of amides is 1. The Hall–Kier alpha value is -1.32. The van der Waals surface area contributed by atoms with Gasteiger partial charge in [0.2, 0.25) is 5.91 Å². The molecule has 1 aromatic heterocycles. The van der Waals surface area contributed by atoms with E-state index in [2.05, 4.69) is 29.4 Å². The molecular weight excluding hydrogens is 178 g/mol. The normalized spacial score (nSPS) is 23.2. The molecule has 4 nitrogen and oxygen atoms in total. The summed E-state index contributed by atoms with van der Waals surface area (Å²) in [5.74, 6) is 0.977. The zero-order valence-electron chi connectivity index (χ0n) is 8.72. The summed E-state index contributed by atoms with van der Waals surface area (Å²) in [6, 6.07) is 0. The highest BCUT2D eigenvalue weighted by Gasteiger charge is 2.50. The predicted octanol–water partition coefficient (Wildman–Crippen LogP) is 1.70. The minimum atomic E-state index is 0.0994. The molecule has 2 rings (SSSR count). The van der Waals surface area contributed by atoms with Crippen molar-refractivity contribution in [2.75, 3.05) is 5.32 Å². The van der Waals surface area contributed by atoms with Gasteiger partial charge in [-0.15, -0.1) is 0 Å². The first-order chi connectivity index (χ1) is 6.50. The minimum absolute atomic E-state index is 0.0994. The summed E-state index contributed by atoms with van der Waals surface area (Å²) >= 11 is 0. The highest BCUT2D eigenvalue weighted by atomic mass is 16.2. The SMILES string of the molecule is Cc1cn[nH]c1NC(=O)C1CC1(C)C. The van der Waals surface area contributed by atoms with E-state index in [1.54, 1.807) is 6.20 Å². The van der Waals surface area contributed by atoms with Gasteiger partial charge in [0.05, 0.1) is 6.20 Å². The fraction of sp³-hybridized carbons (Fsp3) is 0.600.